The Balaban J connectivity index is 2.21. The topological polar surface area (TPSA) is 36.4 Å². The van der Waals surface area contributed by atoms with Gasteiger partial charge in [-0.25, -0.2) is 4.98 Å². The first-order chi connectivity index (χ1) is 8.18. The van der Waals surface area contributed by atoms with Crippen molar-refractivity contribution in [1.82, 2.24) is 4.98 Å². The van der Waals surface area contributed by atoms with Crippen molar-refractivity contribution in [3.8, 4) is 0 Å². The molecule has 1 N–H and O–H groups in total. The summed E-state index contributed by atoms with van der Waals surface area (Å²) in [7, 11) is 0. The molecule has 0 spiro atoms. The van der Waals surface area contributed by atoms with Crippen LogP contribution >= 0.6 is 0 Å². The standard InChI is InChI=1S/C14H22N2O/c1-11-5-4-9-16(10-7-11)14-13(12(2)17)6-3-8-15-14/h3,6,8,11-12,17H,4-5,7,9-10H2,1-2H3/t11?,12-/m1/s1. The van der Waals surface area contributed by atoms with Crippen molar-refractivity contribution in [2.75, 3.05) is 18.0 Å². The van der Waals surface area contributed by atoms with Gasteiger partial charge < -0.3 is 10.0 Å². The van der Waals surface area contributed by atoms with E-state index in [4.69, 9.17) is 0 Å². The van der Waals surface area contributed by atoms with Gasteiger partial charge in [0.1, 0.15) is 5.82 Å². The Morgan fingerprint density at radius 2 is 2.24 bits per heavy atom. The summed E-state index contributed by atoms with van der Waals surface area (Å²) in [5, 5.41) is 9.79. The van der Waals surface area contributed by atoms with Crippen LogP contribution in [-0.4, -0.2) is 23.2 Å². The average Bonchev–Trinajstić information content (AvgIpc) is 2.54. The highest BCUT2D eigenvalue weighted by Gasteiger charge is 2.18. The van der Waals surface area contributed by atoms with Crippen LogP contribution in [0.2, 0.25) is 0 Å². The van der Waals surface area contributed by atoms with Crippen LogP contribution in [0, 0.1) is 5.92 Å². The quantitative estimate of drug-likeness (QED) is 0.854. The zero-order valence-corrected chi connectivity index (χ0v) is 10.8. The molecular formula is C14H22N2O. The molecule has 3 heteroatoms. The Hall–Kier alpha value is -1.09. The van der Waals surface area contributed by atoms with E-state index in [1.807, 2.05) is 18.3 Å². The number of nitrogens with zero attached hydrogens (tertiary/aromatic N) is 2. The molecule has 1 fully saturated rings. The molecule has 1 aliphatic rings. The van der Waals surface area contributed by atoms with Gasteiger partial charge >= 0.3 is 0 Å². The van der Waals surface area contributed by atoms with Gasteiger partial charge in [0, 0.05) is 24.8 Å². The Morgan fingerprint density at radius 1 is 1.41 bits per heavy atom. The minimum Gasteiger partial charge on any atom is -0.389 e. The number of hydrogen-bond donors (Lipinski definition) is 1. The highest BCUT2D eigenvalue weighted by atomic mass is 16.3. The first-order valence-corrected chi connectivity index (χ1v) is 6.56. The first kappa shape index (κ1) is 12.4. The first-order valence-electron chi connectivity index (χ1n) is 6.56. The van der Waals surface area contributed by atoms with Gasteiger partial charge in [0.15, 0.2) is 0 Å². The maximum absolute atomic E-state index is 9.79. The zero-order valence-electron chi connectivity index (χ0n) is 10.8. The van der Waals surface area contributed by atoms with Gasteiger partial charge in [-0.05, 0) is 38.2 Å². The van der Waals surface area contributed by atoms with Gasteiger partial charge in [-0.1, -0.05) is 13.0 Å². The summed E-state index contributed by atoms with van der Waals surface area (Å²) < 4.78 is 0. The van der Waals surface area contributed by atoms with Crippen molar-refractivity contribution in [2.24, 2.45) is 5.92 Å². The lowest BCUT2D eigenvalue weighted by Crippen LogP contribution is -2.26. The molecule has 1 aliphatic heterocycles. The zero-order chi connectivity index (χ0) is 12.3. The van der Waals surface area contributed by atoms with Gasteiger partial charge in [0.25, 0.3) is 0 Å². The fourth-order valence-corrected chi connectivity index (χ4v) is 2.47. The highest BCUT2D eigenvalue weighted by molar-refractivity contribution is 5.47. The van der Waals surface area contributed by atoms with Crippen molar-refractivity contribution in [3.63, 3.8) is 0 Å². The number of aliphatic hydroxyl groups excluding tert-OH is 1. The predicted octanol–water partition coefficient (Wildman–Crippen LogP) is 2.76. The van der Waals surface area contributed by atoms with Crippen LogP contribution in [0.15, 0.2) is 18.3 Å². The molecule has 3 nitrogen and oxygen atoms in total. The van der Waals surface area contributed by atoms with Gasteiger partial charge in [0.2, 0.25) is 0 Å². The smallest absolute Gasteiger partial charge is 0.134 e. The monoisotopic (exact) mass is 234 g/mol. The number of anilines is 1. The van der Waals surface area contributed by atoms with Gasteiger partial charge in [-0.2, -0.15) is 0 Å². The Labute approximate surface area is 103 Å². The summed E-state index contributed by atoms with van der Waals surface area (Å²) in [6.07, 6.45) is 5.11. The molecule has 2 heterocycles. The van der Waals surface area contributed by atoms with Crippen LogP contribution < -0.4 is 4.90 Å². The summed E-state index contributed by atoms with van der Waals surface area (Å²) in [5.41, 5.74) is 0.946. The molecule has 1 saturated heterocycles. The lowest BCUT2D eigenvalue weighted by molar-refractivity contribution is 0.199. The minimum absolute atomic E-state index is 0.445. The third-order valence-corrected chi connectivity index (χ3v) is 3.58. The van der Waals surface area contributed by atoms with E-state index in [1.165, 1.54) is 19.3 Å². The third-order valence-electron chi connectivity index (χ3n) is 3.58. The maximum Gasteiger partial charge on any atom is 0.134 e. The van der Waals surface area contributed by atoms with Crippen LogP contribution in [0.25, 0.3) is 0 Å². The average molecular weight is 234 g/mol. The fourth-order valence-electron chi connectivity index (χ4n) is 2.47. The molecule has 0 radical (unpaired) electrons. The molecular weight excluding hydrogens is 212 g/mol. The Bertz CT molecular complexity index is 365. The molecule has 2 atom stereocenters. The summed E-state index contributed by atoms with van der Waals surface area (Å²) in [5.74, 6) is 1.77. The SMILES string of the molecule is CC1CCCN(c2ncccc2[C@@H](C)O)CC1. The normalized spacial score (nSPS) is 23.2. The summed E-state index contributed by atoms with van der Waals surface area (Å²) in [6, 6.07) is 3.87. The highest BCUT2D eigenvalue weighted by Crippen LogP contribution is 2.27. The van der Waals surface area contributed by atoms with Crippen molar-refractivity contribution < 1.29 is 5.11 Å². The number of aliphatic hydroxyl groups is 1. The van der Waals surface area contributed by atoms with Crippen LogP contribution in [0.3, 0.4) is 0 Å². The van der Waals surface area contributed by atoms with E-state index in [9.17, 15) is 5.11 Å². The second-order valence-corrected chi connectivity index (χ2v) is 5.12. The van der Waals surface area contributed by atoms with Gasteiger partial charge in [-0.3, -0.25) is 0 Å². The summed E-state index contributed by atoms with van der Waals surface area (Å²) >= 11 is 0. The van der Waals surface area contributed by atoms with Crippen molar-refractivity contribution in [2.45, 2.75) is 39.2 Å². The van der Waals surface area contributed by atoms with Crippen LogP contribution in [-0.2, 0) is 0 Å². The summed E-state index contributed by atoms with van der Waals surface area (Å²) in [6.45, 7) is 6.23. The molecule has 94 valence electrons. The van der Waals surface area contributed by atoms with E-state index in [2.05, 4.69) is 16.8 Å². The predicted molar refractivity (Wildman–Crippen MR) is 70.1 cm³/mol. The van der Waals surface area contributed by atoms with E-state index < -0.39 is 6.10 Å². The van der Waals surface area contributed by atoms with E-state index in [0.717, 1.165) is 30.4 Å². The fraction of sp³-hybridized carbons (Fsp3) is 0.643. The molecule has 1 aromatic rings. The molecule has 2 rings (SSSR count). The number of hydrogen-bond acceptors (Lipinski definition) is 3. The Morgan fingerprint density at radius 3 is 3.00 bits per heavy atom. The second-order valence-electron chi connectivity index (χ2n) is 5.12. The van der Waals surface area contributed by atoms with Crippen molar-refractivity contribution in [3.05, 3.63) is 23.9 Å². The maximum atomic E-state index is 9.79. The lowest BCUT2D eigenvalue weighted by Gasteiger charge is -2.25. The van der Waals surface area contributed by atoms with Crippen molar-refractivity contribution in [1.29, 1.82) is 0 Å². The van der Waals surface area contributed by atoms with Gasteiger partial charge in [0.05, 0.1) is 6.10 Å². The van der Waals surface area contributed by atoms with Crippen molar-refractivity contribution >= 4 is 5.82 Å². The van der Waals surface area contributed by atoms with E-state index in [0.29, 0.717) is 0 Å². The second kappa shape index (κ2) is 5.50. The minimum atomic E-state index is -0.445. The van der Waals surface area contributed by atoms with Crippen LogP contribution in [0.1, 0.15) is 44.8 Å². The molecule has 1 aromatic heterocycles. The number of rotatable bonds is 2. The third kappa shape index (κ3) is 2.97. The van der Waals surface area contributed by atoms with E-state index in [1.54, 1.807) is 6.92 Å². The van der Waals surface area contributed by atoms with Gasteiger partial charge in [-0.15, -0.1) is 0 Å². The Kier molecular flexibility index (Phi) is 4.00. The summed E-state index contributed by atoms with van der Waals surface area (Å²) in [4.78, 5) is 6.78. The molecule has 17 heavy (non-hydrogen) atoms. The van der Waals surface area contributed by atoms with E-state index >= 15 is 0 Å². The number of aromatic nitrogens is 1. The number of pyridine rings is 1. The molecule has 0 saturated carbocycles. The molecule has 0 bridgehead atoms. The largest absolute Gasteiger partial charge is 0.389 e. The molecule has 0 aliphatic carbocycles. The van der Waals surface area contributed by atoms with Crippen LogP contribution in [0.4, 0.5) is 5.82 Å². The van der Waals surface area contributed by atoms with Crippen LogP contribution in [0.5, 0.6) is 0 Å². The molecule has 0 amide bonds. The molecule has 0 aromatic carbocycles. The van der Waals surface area contributed by atoms with E-state index in [-0.39, 0.29) is 0 Å². The lowest BCUT2D eigenvalue weighted by atomic mass is 10.0. The molecule has 1 unspecified atom stereocenters.